The van der Waals surface area contributed by atoms with Crippen LogP contribution < -0.4 is 5.73 Å². The predicted molar refractivity (Wildman–Crippen MR) is 51.9 cm³/mol. The average Bonchev–Trinajstić information content (AvgIpc) is 2.52. The summed E-state index contributed by atoms with van der Waals surface area (Å²) in [5.74, 6) is 0.389. The second kappa shape index (κ2) is 3.79. The van der Waals surface area contributed by atoms with Crippen LogP contribution in [0.4, 0.5) is 5.88 Å². The number of furan rings is 1. The van der Waals surface area contributed by atoms with Crippen molar-refractivity contribution < 1.29 is 9.34 Å². The molecule has 78 valence electrons. The highest BCUT2D eigenvalue weighted by molar-refractivity contribution is 5.18. The Hall–Kier alpha value is -1.36. The molecule has 5 heteroatoms. The molecule has 0 atom stereocenters. The Morgan fingerprint density at radius 1 is 1.57 bits per heavy atom. The van der Waals surface area contributed by atoms with Gasteiger partial charge < -0.3 is 10.2 Å². The van der Waals surface area contributed by atoms with Crippen molar-refractivity contribution in [1.29, 1.82) is 0 Å². The zero-order valence-electron chi connectivity index (χ0n) is 8.32. The van der Waals surface area contributed by atoms with Crippen LogP contribution in [0, 0.1) is 15.5 Å². The Morgan fingerprint density at radius 3 is 2.64 bits per heavy atom. The van der Waals surface area contributed by atoms with Crippen LogP contribution >= 0.6 is 0 Å². The molecule has 14 heavy (non-hydrogen) atoms. The van der Waals surface area contributed by atoms with Gasteiger partial charge in [0.1, 0.15) is 10.7 Å². The zero-order chi connectivity index (χ0) is 10.8. The van der Waals surface area contributed by atoms with Gasteiger partial charge in [-0.3, -0.25) is 10.1 Å². The monoisotopic (exact) mass is 198 g/mol. The Balaban J connectivity index is 2.73. The minimum atomic E-state index is -0.543. The molecule has 0 unspecified atom stereocenters. The van der Waals surface area contributed by atoms with Crippen molar-refractivity contribution >= 4 is 5.88 Å². The fourth-order valence-electron chi connectivity index (χ4n) is 1.10. The molecule has 0 aromatic carbocycles. The Kier molecular flexibility index (Phi) is 2.90. The lowest BCUT2D eigenvalue weighted by atomic mass is 9.88. The number of rotatable bonds is 4. The molecule has 0 amide bonds. The summed E-state index contributed by atoms with van der Waals surface area (Å²) < 4.78 is 5.03. The highest BCUT2D eigenvalue weighted by Gasteiger charge is 2.20. The summed E-state index contributed by atoms with van der Waals surface area (Å²) in [7, 11) is 0. The molecule has 0 saturated heterocycles. The molecule has 0 bridgehead atoms. The first-order chi connectivity index (χ1) is 6.44. The summed E-state index contributed by atoms with van der Waals surface area (Å²) in [6.45, 7) is 4.49. The van der Waals surface area contributed by atoms with Crippen LogP contribution in [0.15, 0.2) is 16.5 Å². The first-order valence-electron chi connectivity index (χ1n) is 4.38. The summed E-state index contributed by atoms with van der Waals surface area (Å²) in [6, 6.07) is 2.98. The van der Waals surface area contributed by atoms with Crippen LogP contribution in [-0.2, 0) is 6.42 Å². The molecule has 2 N–H and O–H groups in total. The van der Waals surface area contributed by atoms with Crippen molar-refractivity contribution in [2.45, 2.75) is 20.3 Å². The van der Waals surface area contributed by atoms with E-state index >= 15 is 0 Å². The largest absolute Gasteiger partial charge is 0.433 e. The number of hydrogen-bond acceptors (Lipinski definition) is 4. The van der Waals surface area contributed by atoms with E-state index in [1.165, 1.54) is 6.07 Å². The van der Waals surface area contributed by atoms with Crippen LogP contribution in [0.3, 0.4) is 0 Å². The van der Waals surface area contributed by atoms with Gasteiger partial charge >= 0.3 is 5.88 Å². The van der Waals surface area contributed by atoms with Crippen molar-refractivity contribution in [3.63, 3.8) is 0 Å². The van der Waals surface area contributed by atoms with Gasteiger partial charge in [0.05, 0.1) is 6.07 Å². The second-order valence-electron chi connectivity index (χ2n) is 4.04. The fraction of sp³-hybridized carbons (Fsp3) is 0.556. The molecule has 5 nitrogen and oxygen atoms in total. The molecule has 0 aliphatic heterocycles. The van der Waals surface area contributed by atoms with E-state index < -0.39 is 4.92 Å². The Labute approximate surface area is 82.0 Å². The van der Waals surface area contributed by atoms with Crippen molar-refractivity contribution in [2.24, 2.45) is 11.1 Å². The summed E-state index contributed by atoms with van der Waals surface area (Å²) in [5.41, 5.74) is 5.45. The van der Waals surface area contributed by atoms with Gasteiger partial charge in [0.15, 0.2) is 0 Å². The lowest BCUT2D eigenvalue weighted by Gasteiger charge is -2.20. The smallest absolute Gasteiger partial charge is 0.406 e. The number of hydrogen-bond donors (Lipinski definition) is 1. The fourth-order valence-corrected chi connectivity index (χ4v) is 1.10. The SMILES string of the molecule is CC(C)(CN)Cc1ccc([N+](=O)[O-])o1. The summed E-state index contributed by atoms with van der Waals surface area (Å²) in [5, 5.41) is 10.3. The third-order valence-corrected chi connectivity index (χ3v) is 2.03. The van der Waals surface area contributed by atoms with E-state index in [9.17, 15) is 10.1 Å². The first-order valence-corrected chi connectivity index (χ1v) is 4.38. The van der Waals surface area contributed by atoms with Gasteiger partial charge in [-0.05, 0) is 18.0 Å². The van der Waals surface area contributed by atoms with Gasteiger partial charge in [0, 0.05) is 6.42 Å². The molecular formula is C9H14N2O3. The van der Waals surface area contributed by atoms with Crippen molar-refractivity contribution in [2.75, 3.05) is 6.54 Å². The van der Waals surface area contributed by atoms with Crippen LogP contribution in [0.5, 0.6) is 0 Å². The van der Waals surface area contributed by atoms with Crippen LogP contribution in [0.1, 0.15) is 19.6 Å². The van der Waals surface area contributed by atoms with Crippen LogP contribution in [0.25, 0.3) is 0 Å². The van der Waals surface area contributed by atoms with Gasteiger partial charge in [-0.15, -0.1) is 0 Å². The van der Waals surface area contributed by atoms with E-state index in [1.807, 2.05) is 13.8 Å². The quantitative estimate of drug-likeness (QED) is 0.589. The van der Waals surface area contributed by atoms with Gasteiger partial charge in [0.2, 0.25) is 0 Å². The van der Waals surface area contributed by atoms with Crippen molar-refractivity contribution in [3.05, 3.63) is 28.0 Å². The topological polar surface area (TPSA) is 82.3 Å². The molecule has 0 aliphatic carbocycles. The standard InChI is InChI=1S/C9H14N2O3/c1-9(2,6-10)5-7-3-4-8(14-7)11(12)13/h3-4H,5-6,10H2,1-2H3. The molecule has 0 spiro atoms. The third kappa shape index (κ3) is 2.56. The Bertz CT molecular complexity index is 331. The molecular weight excluding hydrogens is 184 g/mol. The number of nitrogens with two attached hydrogens (primary N) is 1. The van der Waals surface area contributed by atoms with Gasteiger partial charge in [0.25, 0.3) is 0 Å². The van der Waals surface area contributed by atoms with E-state index in [1.54, 1.807) is 6.07 Å². The zero-order valence-corrected chi connectivity index (χ0v) is 8.32. The average molecular weight is 198 g/mol. The van der Waals surface area contributed by atoms with Gasteiger partial charge in [-0.2, -0.15) is 0 Å². The molecule has 0 saturated carbocycles. The van der Waals surface area contributed by atoms with Crippen molar-refractivity contribution in [3.8, 4) is 0 Å². The van der Waals surface area contributed by atoms with Gasteiger partial charge in [-0.25, -0.2) is 0 Å². The lowest BCUT2D eigenvalue weighted by Crippen LogP contribution is -2.25. The highest BCUT2D eigenvalue weighted by Crippen LogP contribution is 2.24. The van der Waals surface area contributed by atoms with E-state index in [2.05, 4.69) is 0 Å². The van der Waals surface area contributed by atoms with Gasteiger partial charge in [-0.1, -0.05) is 13.8 Å². The maximum absolute atomic E-state index is 10.3. The molecule has 1 aromatic rings. The van der Waals surface area contributed by atoms with Crippen LogP contribution in [-0.4, -0.2) is 11.5 Å². The molecule has 0 fully saturated rings. The minimum Gasteiger partial charge on any atom is -0.406 e. The lowest BCUT2D eigenvalue weighted by molar-refractivity contribution is -0.402. The first kappa shape index (κ1) is 10.7. The molecule has 0 radical (unpaired) electrons. The Morgan fingerprint density at radius 2 is 2.21 bits per heavy atom. The molecule has 0 aliphatic rings. The van der Waals surface area contributed by atoms with Crippen molar-refractivity contribution in [1.82, 2.24) is 0 Å². The summed E-state index contributed by atoms with van der Waals surface area (Å²) in [6.07, 6.45) is 0.608. The maximum Gasteiger partial charge on any atom is 0.433 e. The molecule has 1 heterocycles. The predicted octanol–water partition coefficient (Wildman–Crippen LogP) is 1.72. The van der Waals surface area contributed by atoms with E-state index in [4.69, 9.17) is 10.2 Å². The van der Waals surface area contributed by atoms with Crippen LogP contribution in [0.2, 0.25) is 0 Å². The second-order valence-corrected chi connectivity index (χ2v) is 4.04. The minimum absolute atomic E-state index is 0.0915. The summed E-state index contributed by atoms with van der Waals surface area (Å²) >= 11 is 0. The number of nitro groups is 1. The normalized spacial score (nSPS) is 11.6. The van der Waals surface area contributed by atoms with E-state index in [0.29, 0.717) is 18.7 Å². The number of nitrogens with zero attached hydrogens (tertiary/aromatic N) is 1. The third-order valence-electron chi connectivity index (χ3n) is 2.03. The molecule has 1 aromatic heterocycles. The maximum atomic E-state index is 10.3. The van der Waals surface area contributed by atoms with E-state index in [-0.39, 0.29) is 11.3 Å². The van der Waals surface area contributed by atoms with E-state index in [0.717, 1.165) is 0 Å². The summed E-state index contributed by atoms with van der Waals surface area (Å²) in [4.78, 5) is 9.79. The highest BCUT2D eigenvalue weighted by atomic mass is 16.6. The molecule has 1 rings (SSSR count).